The Morgan fingerprint density at radius 3 is 2.76 bits per heavy atom. The highest BCUT2D eigenvalue weighted by Gasteiger charge is 2.29. The average Bonchev–Trinajstić information content (AvgIpc) is 2.35. The molecule has 2 atom stereocenters. The highest BCUT2D eigenvalue weighted by molar-refractivity contribution is 5.96. The second-order valence-electron chi connectivity index (χ2n) is 4.36. The van der Waals surface area contributed by atoms with Crippen molar-refractivity contribution in [1.29, 1.82) is 0 Å². The minimum absolute atomic E-state index is 0.235. The molecule has 4 heteroatoms. The smallest absolute Gasteiger partial charge is 0.328 e. The number of ether oxygens (including phenoxy) is 1. The van der Waals surface area contributed by atoms with Crippen LogP contribution in [0.4, 0.5) is 0 Å². The van der Waals surface area contributed by atoms with Crippen molar-refractivity contribution in [3.8, 4) is 0 Å². The molecule has 2 rings (SSSR count). The summed E-state index contributed by atoms with van der Waals surface area (Å²) in [5.74, 6) is -0.289. The number of hydrogen-bond acceptors (Lipinski definition) is 3. The fourth-order valence-electron chi connectivity index (χ4n) is 1.84. The van der Waals surface area contributed by atoms with E-state index < -0.39 is 6.04 Å². The van der Waals surface area contributed by atoms with Crippen LogP contribution in [0.5, 0.6) is 0 Å². The number of benzene rings is 1. The van der Waals surface area contributed by atoms with Gasteiger partial charge in [0, 0.05) is 5.56 Å². The number of nitrogens with one attached hydrogen (secondary N) is 1. The summed E-state index contributed by atoms with van der Waals surface area (Å²) >= 11 is 0. The molecule has 0 aromatic heterocycles. The first-order chi connectivity index (χ1) is 8.16. The monoisotopic (exact) mass is 233 g/mol. The number of cyclic esters (lactones) is 1. The third-order valence-electron chi connectivity index (χ3n) is 2.77. The maximum absolute atomic E-state index is 11.8. The fraction of sp³-hybridized carbons (Fsp3) is 0.385. The zero-order valence-corrected chi connectivity index (χ0v) is 9.68. The van der Waals surface area contributed by atoms with E-state index >= 15 is 0 Å². The van der Waals surface area contributed by atoms with Gasteiger partial charge in [0.1, 0.15) is 6.04 Å². The summed E-state index contributed by atoms with van der Waals surface area (Å²) in [5, 5.41) is 2.70. The Bertz CT molecular complexity index is 416. The molecule has 0 spiro atoms. The Morgan fingerprint density at radius 2 is 2.06 bits per heavy atom. The molecule has 90 valence electrons. The second kappa shape index (κ2) is 4.99. The maximum Gasteiger partial charge on any atom is 0.328 e. The topological polar surface area (TPSA) is 55.4 Å². The lowest BCUT2D eigenvalue weighted by Crippen LogP contribution is -2.46. The molecule has 1 aromatic rings. The van der Waals surface area contributed by atoms with Crippen molar-refractivity contribution in [3.63, 3.8) is 0 Å². The summed E-state index contributed by atoms with van der Waals surface area (Å²) in [5.41, 5.74) is 0.554. The van der Waals surface area contributed by atoms with Crippen LogP contribution in [0.3, 0.4) is 0 Å². The van der Waals surface area contributed by atoms with Crippen molar-refractivity contribution in [2.45, 2.75) is 19.4 Å². The second-order valence-corrected chi connectivity index (χ2v) is 4.36. The van der Waals surface area contributed by atoms with Gasteiger partial charge in [0.25, 0.3) is 5.91 Å². The van der Waals surface area contributed by atoms with Crippen molar-refractivity contribution in [3.05, 3.63) is 35.9 Å². The van der Waals surface area contributed by atoms with Crippen molar-refractivity contribution in [2.75, 3.05) is 6.61 Å². The molecule has 1 aliphatic rings. The summed E-state index contributed by atoms with van der Waals surface area (Å²) in [6.45, 7) is 2.44. The highest BCUT2D eigenvalue weighted by atomic mass is 16.5. The summed E-state index contributed by atoms with van der Waals surface area (Å²) in [6, 6.07) is 8.33. The van der Waals surface area contributed by atoms with Gasteiger partial charge in [-0.3, -0.25) is 4.79 Å². The van der Waals surface area contributed by atoms with Crippen LogP contribution in [-0.2, 0) is 9.53 Å². The van der Waals surface area contributed by atoms with Crippen LogP contribution in [0.2, 0.25) is 0 Å². The molecule has 0 aliphatic carbocycles. The number of rotatable bonds is 2. The minimum atomic E-state index is -0.522. The molecular weight excluding hydrogens is 218 g/mol. The van der Waals surface area contributed by atoms with E-state index in [0.717, 1.165) is 0 Å². The van der Waals surface area contributed by atoms with Gasteiger partial charge in [-0.1, -0.05) is 25.1 Å². The molecule has 0 bridgehead atoms. The molecule has 1 amide bonds. The van der Waals surface area contributed by atoms with Crippen LogP contribution in [-0.4, -0.2) is 24.5 Å². The van der Waals surface area contributed by atoms with Crippen LogP contribution in [0.15, 0.2) is 30.3 Å². The predicted molar refractivity (Wildman–Crippen MR) is 62.4 cm³/mol. The highest BCUT2D eigenvalue weighted by Crippen LogP contribution is 2.15. The average molecular weight is 233 g/mol. The molecule has 1 heterocycles. The SMILES string of the molecule is C[C@H]1COC(=O)[C@@H](NC(=O)c2ccccc2)C1. The standard InChI is InChI=1S/C13H15NO3/c1-9-7-11(13(16)17-8-9)14-12(15)10-5-3-2-4-6-10/h2-6,9,11H,7-8H2,1H3,(H,14,15)/t9-,11+/m1/s1. The van der Waals surface area contributed by atoms with Crippen LogP contribution in [0, 0.1) is 5.92 Å². The Morgan fingerprint density at radius 1 is 1.35 bits per heavy atom. The Kier molecular flexibility index (Phi) is 3.42. The number of carbonyl (C=O) groups excluding carboxylic acids is 2. The lowest BCUT2D eigenvalue weighted by Gasteiger charge is -2.26. The fourth-order valence-corrected chi connectivity index (χ4v) is 1.84. The molecule has 4 nitrogen and oxygen atoms in total. The van der Waals surface area contributed by atoms with Crippen molar-refractivity contribution >= 4 is 11.9 Å². The first kappa shape index (κ1) is 11.6. The summed E-state index contributed by atoms with van der Waals surface area (Å²) in [4.78, 5) is 23.3. The zero-order valence-electron chi connectivity index (χ0n) is 9.68. The molecule has 1 fully saturated rings. The van der Waals surface area contributed by atoms with E-state index in [4.69, 9.17) is 4.74 Å². The minimum Gasteiger partial charge on any atom is -0.464 e. The van der Waals surface area contributed by atoms with Crippen molar-refractivity contribution < 1.29 is 14.3 Å². The summed E-state index contributed by atoms with van der Waals surface area (Å²) < 4.78 is 4.99. The van der Waals surface area contributed by atoms with Gasteiger partial charge in [0.15, 0.2) is 0 Å². The molecular formula is C13H15NO3. The lowest BCUT2D eigenvalue weighted by molar-refractivity contribution is -0.152. The first-order valence-electron chi connectivity index (χ1n) is 5.69. The summed E-state index contributed by atoms with van der Waals surface area (Å²) in [7, 11) is 0. The van der Waals surface area contributed by atoms with E-state index in [1.54, 1.807) is 24.3 Å². The van der Waals surface area contributed by atoms with Gasteiger partial charge in [-0.25, -0.2) is 4.79 Å². The van der Waals surface area contributed by atoms with E-state index in [1.165, 1.54) is 0 Å². The third kappa shape index (κ3) is 2.84. The van der Waals surface area contributed by atoms with Gasteiger partial charge in [-0.2, -0.15) is 0 Å². The van der Waals surface area contributed by atoms with Crippen LogP contribution < -0.4 is 5.32 Å². The molecule has 1 saturated heterocycles. The van der Waals surface area contributed by atoms with Crippen LogP contribution >= 0.6 is 0 Å². The number of carbonyl (C=O) groups is 2. The Balaban J connectivity index is 2.01. The van der Waals surface area contributed by atoms with E-state index in [9.17, 15) is 9.59 Å². The zero-order chi connectivity index (χ0) is 12.3. The molecule has 0 radical (unpaired) electrons. The van der Waals surface area contributed by atoms with Gasteiger partial charge >= 0.3 is 5.97 Å². The van der Waals surface area contributed by atoms with Crippen molar-refractivity contribution in [2.24, 2.45) is 5.92 Å². The molecule has 1 aromatic carbocycles. The van der Waals surface area contributed by atoms with Gasteiger partial charge in [0.2, 0.25) is 0 Å². The van der Waals surface area contributed by atoms with Crippen LogP contribution in [0.1, 0.15) is 23.7 Å². The van der Waals surface area contributed by atoms with E-state index in [1.807, 2.05) is 13.0 Å². The number of hydrogen-bond donors (Lipinski definition) is 1. The Hall–Kier alpha value is -1.84. The Labute approximate surface area is 100.0 Å². The first-order valence-corrected chi connectivity index (χ1v) is 5.69. The normalized spacial score (nSPS) is 23.9. The van der Waals surface area contributed by atoms with Gasteiger partial charge < -0.3 is 10.1 Å². The van der Waals surface area contributed by atoms with E-state index in [0.29, 0.717) is 18.6 Å². The summed E-state index contributed by atoms with van der Waals surface area (Å²) in [6.07, 6.45) is 0.636. The van der Waals surface area contributed by atoms with E-state index in [-0.39, 0.29) is 17.8 Å². The quantitative estimate of drug-likeness (QED) is 0.785. The van der Waals surface area contributed by atoms with E-state index in [2.05, 4.69) is 5.32 Å². The van der Waals surface area contributed by atoms with Gasteiger partial charge in [-0.15, -0.1) is 0 Å². The molecule has 0 saturated carbocycles. The maximum atomic E-state index is 11.8. The van der Waals surface area contributed by atoms with Crippen LogP contribution in [0.25, 0.3) is 0 Å². The predicted octanol–water partition coefficient (Wildman–Crippen LogP) is 1.37. The van der Waals surface area contributed by atoms with Crippen molar-refractivity contribution in [1.82, 2.24) is 5.32 Å². The lowest BCUT2D eigenvalue weighted by atomic mass is 10.00. The third-order valence-corrected chi connectivity index (χ3v) is 2.77. The number of amides is 1. The molecule has 0 unspecified atom stereocenters. The van der Waals surface area contributed by atoms with Gasteiger partial charge in [-0.05, 0) is 24.5 Å². The molecule has 1 aliphatic heterocycles. The molecule has 17 heavy (non-hydrogen) atoms. The van der Waals surface area contributed by atoms with Gasteiger partial charge in [0.05, 0.1) is 6.61 Å². The largest absolute Gasteiger partial charge is 0.464 e. The molecule has 1 N–H and O–H groups in total. The number of esters is 1.